The summed E-state index contributed by atoms with van der Waals surface area (Å²) in [5.74, 6) is -0.985. The van der Waals surface area contributed by atoms with E-state index in [9.17, 15) is 9.90 Å². The van der Waals surface area contributed by atoms with Crippen LogP contribution in [0.2, 0.25) is 0 Å². The van der Waals surface area contributed by atoms with Crippen LogP contribution in [-0.2, 0) is 4.79 Å². The Morgan fingerprint density at radius 3 is 2.73 bits per heavy atom. The van der Waals surface area contributed by atoms with Gasteiger partial charge in [0.25, 0.3) is 0 Å². The average Bonchev–Trinajstić information content (AvgIpc) is 1.88. The molecule has 6 N–H and O–H groups in total. The molecule has 1 heterocycles. The van der Waals surface area contributed by atoms with Crippen molar-refractivity contribution in [1.29, 1.82) is 0 Å². The zero-order chi connectivity index (χ0) is 7.40. The molecule has 1 unspecified atom stereocenters. The number of aliphatic carboxylic acids is 1. The lowest BCUT2D eigenvalue weighted by atomic mass is 10.2. The summed E-state index contributed by atoms with van der Waals surface area (Å²) in [4.78, 5) is 10.1. The second kappa shape index (κ2) is 5.06. The minimum Gasteiger partial charge on any atom is -0.550 e. The number of carboxylic acid groups (broad SMARTS) is 1. The van der Waals surface area contributed by atoms with E-state index in [1.807, 2.05) is 0 Å². The van der Waals surface area contributed by atoms with E-state index in [1.54, 1.807) is 0 Å². The number of rotatable bonds is 2. The van der Waals surface area contributed by atoms with E-state index >= 15 is 0 Å². The van der Waals surface area contributed by atoms with Crippen LogP contribution in [0.15, 0.2) is 0 Å². The van der Waals surface area contributed by atoms with Crippen LogP contribution in [0.5, 0.6) is 0 Å². The Labute approximate surface area is 65.7 Å². The van der Waals surface area contributed by atoms with Gasteiger partial charge in [-0.3, -0.25) is 0 Å². The molecule has 1 aliphatic rings. The van der Waals surface area contributed by atoms with Gasteiger partial charge in [0, 0.05) is 38.1 Å². The highest BCUT2D eigenvalue weighted by molar-refractivity contribution is 5.65. The molecule has 5 nitrogen and oxygen atoms in total. The standard InChI is InChI=1S/C6H12N2O2.H3N/c9-6(10)3-5-4-7-1-2-8-5;/h5,7-8H,1-4H2,(H,9,10);1H3. The van der Waals surface area contributed by atoms with Crippen LogP contribution in [0.25, 0.3) is 0 Å². The summed E-state index contributed by atoms with van der Waals surface area (Å²) >= 11 is 0. The van der Waals surface area contributed by atoms with Crippen LogP contribution >= 0.6 is 0 Å². The van der Waals surface area contributed by atoms with E-state index in [2.05, 4.69) is 10.6 Å². The molecule has 0 aliphatic carbocycles. The summed E-state index contributed by atoms with van der Waals surface area (Å²) in [5.41, 5.74) is 0. The first-order valence-corrected chi connectivity index (χ1v) is 3.43. The van der Waals surface area contributed by atoms with Gasteiger partial charge in [0.2, 0.25) is 0 Å². The minimum atomic E-state index is -0.985. The van der Waals surface area contributed by atoms with Crippen molar-refractivity contribution in [2.24, 2.45) is 0 Å². The normalized spacial score (nSPS) is 23.8. The van der Waals surface area contributed by atoms with Gasteiger partial charge in [0.05, 0.1) is 0 Å². The topological polar surface area (TPSA) is 101 Å². The molecule has 1 fully saturated rings. The maximum Gasteiger partial charge on any atom is 0.0430 e. The van der Waals surface area contributed by atoms with E-state index in [0.29, 0.717) is 0 Å². The van der Waals surface area contributed by atoms with E-state index < -0.39 is 5.97 Å². The predicted molar refractivity (Wildman–Crippen MR) is 40.3 cm³/mol. The number of hydrogen-bond acceptors (Lipinski definition) is 4. The van der Waals surface area contributed by atoms with Crippen LogP contribution in [0, 0.1) is 0 Å². The minimum absolute atomic E-state index is 0. The lowest BCUT2D eigenvalue weighted by Crippen LogP contribution is -2.50. The molecule has 11 heavy (non-hydrogen) atoms. The fourth-order valence-electron chi connectivity index (χ4n) is 1.06. The molecule has 0 amide bonds. The molecule has 0 radical (unpaired) electrons. The lowest BCUT2D eigenvalue weighted by Gasteiger charge is -2.24. The highest BCUT2D eigenvalue weighted by Crippen LogP contribution is 1.91. The third-order valence-corrected chi connectivity index (χ3v) is 1.54. The lowest BCUT2D eigenvalue weighted by molar-refractivity contribution is -0.306. The molecule has 0 spiro atoms. The largest absolute Gasteiger partial charge is 0.550 e. The van der Waals surface area contributed by atoms with Crippen LogP contribution in [0.3, 0.4) is 0 Å². The second-order valence-electron chi connectivity index (χ2n) is 2.43. The molecule has 1 aliphatic heterocycles. The molecule has 0 bridgehead atoms. The molecule has 0 aromatic rings. The first kappa shape index (κ1) is 10.3. The average molecular weight is 161 g/mol. The molecular weight excluding hydrogens is 146 g/mol. The number of nitrogens with one attached hydrogen (secondary N) is 2. The maximum atomic E-state index is 10.1. The van der Waals surface area contributed by atoms with Crippen molar-refractivity contribution in [2.75, 3.05) is 19.6 Å². The van der Waals surface area contributed by atoms with Gasteiger partial charge in [0.1, 0.15) is 0 Å². The second-order valence-corrected chi connectivity index (χ2v) is 2.43. The summed E-state index contributed by atoms with van der Waals surface area (Å²) < 4.78 is 0. The van der Waals surface area contributed by atoms with Crippen LogP contribution < -0.4 is 21.9 Å². The molecule has 66 valence electrons. The van der Waals surface area contributed by atoms with Gasteiger partial charge in [-0.2, -0.15) is 0 Å². The summed E-state index contributed by atoms with van der Waals surface area (Å²) in [6, 6.07) is 0.0544. The first-order valence-electron chi connectivity index (χ1n) is 3.43. The van der Waals surface area contributed by atoms with Crippen molar-refractivity contribution in [2.45, 2.75) is 12.5 Å². The number of hydrogen-bond donors (Lipinski definition) is 3. The third kappa shape index (κ3) is 3.92. The quantitative estimate of drug-likeness (QED) is 0.438. The molecule has 1 saturated heterocycles. The monoisotopic (exact) mass is 161 g/mol. The van der Waals surface area contributed by atoms with Crippen molar-refractivity contribution in [1.82, 2.24) is 16.8 Å². The van der Waals surface area contributed by atoms with Gasteiger partial charge < -0.3 is 26.7 Å². The molecule has 1 atom stereocenters. The summed E-state index contributed by atoms with van der Waals surface area (Å²) in [6.07, 6.45) is 0.104. The zero-order valence-electron chi connectivity index (χ0n) is 6.72. The van der Waals surface area contributed by atoms with Crippen molar-refractivity contribution < 1.29 is 9.90 Å². The van der Waals surface area contributed by atoms with Crippen LogP contribution in [0.1, 0.15) is 6.42 Å². The smallest absolute Gasteiger partial charge is 0.0430 e. The van der Waals surface area contributed by atoms with Gasteiger partial charge >= 0.3 is 0 Å². The molecule has 0 aromatic carbocycles. The summed E-state index contributed by atoms with van der Waals surface area (Å²) in [5, 5.41) is 16.2. The number of carbonyl (C=O) groups is 1. The van der Waals surface area contributed by atoms with Crippen LogP contribution in [-0.4, -0.2) is 31.6 Å². The molecule has 0 saturated carbocycles. The molecule has 1 rings (SSSR count). The Hall–Kier alpha value is -0.650. The number of piperazine rings is 1. The SMILES string of the molecule is O=C([O-])CC1CNCCN1.[NH4+]. The van der Waals surface area contributed by atoms with Gasteiger partial charge in [-0.1, -0.05) is 0 Å². The van der Waals surface area contributed by atoms with Crippen LogP contribution in [0.4, 0.5) is 0 Å². The molecular formula is C6H15N3O2. The van der Waals surface area contributed by atoms with Gasteiger partial charge in [0.15, 0.2) is 0 Å². The van der Waals surface area contributed by atoms with Gasteiger partial charge in [-0.25, -0.2) is 0 Å². The Bertz CT molecular complexity index is 123. The van der Waals surface area contributed by atoms with Gasteiger partial charge in [-0.15, -0.1) is 0 Å². The number of quaternary nitrogens is 1. The molecule has 0 aromatic heterocycles. The number of carboxylic acids is 1. The third-order valence-electron chi connectivity index (χ3n) is 1.54. The van der Waals surface area contributed by atoms with E-state index in [-0.39, 0.29) is 18.6 Å². The van der Waals surface area contributed by atoms with E-state index in [0.717, 1.165) is 19.6 Å². The maximum absolute atomic E-state index is 10.1. The summed E-state index contributed by atoms with van der Waals surface area (Å²) in [6.45, 7) is 2.50. The van der Waals surface area contributed by atoms with Crippen molar-refractivity contribution in [3.63, 3.8) is 0 Å². The number of carbonyl (C=O) groups excluding carboxylic acids is 1. The van der Waals surface area contributed by atoms with Crippen molar-refractivity contribution in [3.8, 4) is 0 Å². The zero-order valence-corrected chi connectivity index (χ0v) is 6.72. The van der Waals surface area contributed by atoms with Gasteiger partial charge in [-0.05, 0) is 0 Å². The Balaban J connectivity index is 0.000001000. The highest BCUT2D eigenvalue weighted by atomic mass is 16.4. The highest BCUT2D eigenvalue weighted by Gasteiger charge is 2.10. The fourth-order valence-corrected chi connectivity index (χ4v) is 1.06. The summed E-state index contributed by atoms with van der Waals surface area (Å²) in [7, 11) is 0. The van der Waals surface area contributed by atoms with Crippen molar-refractivity contribution >= 4 is 5.97 Å². The van der Waals surface area contributed by atoms with Crippen molar-refractivity contribution in [3.05, 3.63) is 0 Å². The Kier molecular flexibility index (Phi) is 4.76. The van der Waals surface area contributed by atoms with E-state index in [4.69, 9.17) is 0 Å². The fraction of sp³-hybridized carbons (Fsp3) is 0.833. The first-order chi connectivity index (χ1) is 4.79. The Morgan fingerprint density at radius 1 is 1.55 bits per heavy atom. The Morgan fingerprint density at radius 2 is 2.27 bits per heavy atom. The predicted octanol–water partition coefficient (Wildman–Crippen LogP) is -1.94. The van der Waals surface area contributed by atoms with E-state index in [1.165, 1.54) is 0 Å². The molecule has 5 heteroatoms.